The maximum atomic E-state index is 14.7. The average molecular weight is 454 g/mol. The molecular weight excluding hydrogens is 425 g/mol. The fraction of sp³-hybridized carbons (Fsp3) is 0.750. The Hall–Kier alpha value is -1.85. The summed E-state index contributed by atoms with van der Waals surface area (Å²) in [6.45, 7) is 0.0324. The third-order valence-electron chi connectivity index (χ3n) is 7.16. The molecule has 1 spiro atoms. The molecule has 4 aliphatic rings. The van der Waals surface area contributed by atoms with Crippen molar-refractivity contribution in [2.24, 2.45) is 0 Å². The SMILES string of the molecule is CS(=O)(=O)N1CC[C@H](Nc2ncc3c(n2)N([C@@H]2CCC[C@@H](O)C2)C(=O)C32CC2)[C@H](F)C1. The number of nitrogens with one attached hydrogen (secondary N) is 1. The molecule has 170 valence electrons. The molecule has 2 aliphatic carbocycles. The second kappa shape index (κ2) is 7.35. The number of sulfonamides is 1. The lowest BCUT2D eigenvalue weighted by atomic mass is 9.92. The fourth-order valence-corrected chi connectivity index (χ4v) is 6.08. The number of anilines is 2. The summed E-state index contributed by atoms with van der Waals surface area (Å²) in [6.07, 6.45) is 5.76. The zero-order chi connectivity index (χ0) is 22.0. The highest BCUT2D eigenvalue weighted by Gasteiger charge is 2.61. The van der Waals surface area contributed by atoms with Gasteiger partial charge in [0.1, 0.15) is 12.0 Å². The van der Waals surface area contributed by atoms with Crippen molar-refractivity contribution >= 4 is 27.7 Å². The summed E-state index contributed by atoms with van der Waals surface area (Å²) in [6, 6.07) is -0.697. The zero-order valence-corrected chi connectivity index (χ0v) is 18.3. The van der Waals surface area contributed by atoms with E-state index in [4.69, 9.17) is 0 Å². The number of nitrogens with zero attached hydrogens (tertiary/aromatic N) is 4. The number of hydrogen-bond acceptors (Lipinski definition) is 7. The fourth-order valence-electron chi connectivity index (χ4n) is 5.23. The Morgan fingerprint density at radius 2 is 2.06 bits per heavy atom. The van der Waals surface area contributed by atoms with Gasteiger partial charge in [-0.3, -0.25) is 9.69 Å². The van der Waals surface area contributed by atoms with E-state index >= 15 is 0 Å². The summed E-state index contributed by atoms with van der Waals surface area (Å²) in [4.78, 5) is 24.0. The minimum absolute atomic E-state index is 0.0397. The first-order chi connectivity index (χ1) is 14.7. The van der Waals surface area contributed by atoms with E-state index in [1.807, 2.05) is 0 Å². The van der Waals surface area contributed by atoms with Gasteiger partial charge in [-0.05, 0) is 44.9 Å². The van der Waals surface area contributed by atoms with E-state index in [1.54, 1.807) is 11.1 Å². The van der Waals surface area contributed by atoms with Crippen molar-refractivity contribution in [2.45, 2.75) is 74.7 Å². The molecule has 0 bridgehead atoms. The second-order valence-corrected chi connectivity index (χ2v) is 11.3. The van der Waals surface area contributed by atoms with Crippen LogP contribution in [0.4, 0.5) is 16.2 Å². The number of aliphatic hydroxyl groups is 1. The van der Waals surface area contributed by atoms with E-state index in [0.717, 1.165) is 48.2 Å². The Morgan fingerprint density at radius 1 is 1.29 bits per heavy atom. The van der Waals surface area contributed by atoms with Crippen molar-refractivity contribution < 1.29 is 22.7 Å². The molecule has 3 fully saturated rings. The van der Waals surface area contributed by atoms with Crippen molar-refractivity contribution in [1.82, 2.24) is 14.3 Å². The van der Waals surface area contributed by atoms with E-state index < -0.39 is 33.8 Å². The summed E-state index contributed by atoms with van der Waals surface area (Å²) < 4.78 is 39.2. The van der Waals surface area contributed by atoms with E-state index in [0.29, 0.717) is 18.7 Å². The maximum absolute atomic E-state index is 14.7. The van der Waals surface area contributed by atoms with Crippen molar-refractivity contribution in [1.29, 1.82) is 0 Å². The minimum atomic E-state index is -3.43. The van der Waals surface area contributed by atoms with Gasteiger partial charge < -0.3 is 10.4 Å². The lowest BCUT2D eigenvalue weighted by Gasteiger charge is -2.34. The Kier molecular flexibility index (Phi) is 4.98. The molecule has 0 aromatic carbocycles. The minimum Gasteiger partial charge on any atom is -0.393 e. The molecule has 0 unspecified atom stereocenters. The number of piperidine rings is 1. The molecule has 0 radical (unpaired) electrons. The lowest BCUT2D eigenvalue weighted by molar-refractivity contribution is -0.121. The average Bonchev–Trinajstić information content (AvgIpc) is 3.47. The van der Waals surface area contributed by atoms with E-state index in [-0.39, 0.29) is 31.0 Å². The molecule has 2 aliphatic heterocycles. The first-order valence-corrected chi connectivity index (χ1v) is 12.8. The van der Waals surface area contributed by atoms with Gasteiger partial charge in [0.25, 0.3) is 0 Å². The summed E-state index contributed by atoms with van der Waals surface area (Å²) >= 11 is 0. The number of hydrogen-bond donors (Lipinski definition) is 2. The van der Waals surface area contributed by atoms with Crippen LogP contribution < -0.4 is 10.2 Å². The van der Waals surface area contributed by atoms with Gasteiger partial charge in [-0.2, -0.15) is 9.29 Å². The van der Waals surface area contributed by atoms with Crippen molar-refractivity contribution in [3.05, 3.63) is 11.8 Å². The number of carbonyl (C=O) groups excluding carboxylic acids is 1. The molecule has 3 heterocycles. The third-order valence-corrected chi connectivity index (χ3v) is 8.43. The largest absolute Gasteiger partial charge is 0.393 e. The van der Waals surface area contributed by atoms with Crippen LogP contribution >= 0.6 is 0 Å². The summed E-state index contributed by atoms with van der Waals surface area (Å²) in [5.74, 6) is 0.854. The molecule has 1 amide bonds. The summed E-state index contributed by atoms with van der Waals surface area (Å²) in [5.41, 5.74) is 0.298. The highest BCUT2D eigenvalue weighted by atomic mass is 32.2. The monoisotopic (exact) mass is 453 g/mol. The van der Waals surface area contributed by atoms with Crippen molar-refractivity contribution in [2.75, 3.05) is 29.6 Å². The normalized spacial score (nSPS) is 32.9. The van der Waals surface area contributed by atoms with Crippen LogP contribution in [0.3, 0.4) is 0 Å². The number of fused-ring (bicyclic) bond motifs is 2. The van der Waals surface area contributed by atoms with Gasteiger partial charge in [0.15, 0.2) is 0 Å². The van der Waals surface area contributed by atoms with Gasteiger partial charge in [0.2, 0.25) is 21.9 Å². The van der Waals surface area contributed by atoms with Gasteiger partial charge in [-0.15, -0.1) is 0 Å². The number of halogens is 1. The highest BCUT2D eigenvalue weighted by Crippen LogP contribution is 2.57. The van der Waals surface area contributed by atoms with Crippen LogP contribution in [0, 0.1) is 0 Å². The molecule has 5 rings (SSSR count). The van der Waals surface area contributed by atoms with E-state index in [2.05, 4.69) is 15.3 Å². The van der Waals surface area contributed by atoms with E-state index in [1.165, 1.54) is 0 Å². The molecule has 31 heavy (non-hydrogen) atoms. The topological polar surface area (TPSA) is 116 Å². The summed E-state index contributed by atoms with van der Waals surface area (Å²) in [7, 11) is -3.43. The molecule has 9 nitrogen and oxygen atoms in total. The van der Waals surface area contributed by atoms with E-state index in [9.17, 15) is 22.7 Å². The van der Waals surface area contributed by atoms with Crippen LogP contribution in [0.2, 0.25) is 0 Å². The quantitative estimate of drug-likeness (QED) is 0.697. The van der Waals surface area contributed by atoms with Crippen LogP contribution in [0.5, 0.6) is 0 Å². The number of amides is 1. The van der Waals surface area contributed by atoms with Crippen LogP contribution in [0.25, 0.3) is 0 Å². The Morgan fingerprint density at radius 3 is 2.71 bits per heavy atom. The number of alkyl halides is 1. The van der Waals surface area contributed by atoms with Gasteiger partial charge in [0.05, 0.1) is 23.8 Å². The lowest BCUT2D eigenvalue weighted by Crippen LogP contribution is -2.49. The predicted octanol–water partition coefficient (Wildman–Crippen LogP) is 0.942. The maximum Gasteiger partial charge on any atom is 0.239 e. The van der Waals surface area contributed by atoms with Crippen molar-refractivity contribution in [3.8, 4) is 0 Å². The Balaban J connectivity index is 1.38. The molecule has 2 saturated carbocycles. The first kappa shape index (κ1) is 21.0. The molecule has 1 saturated heterocycles. The third kappa shape index (κ3) is 3.60. The number of rotatable bonds is 4. The van der Waals surface area contributed by atoms with Crippen LogP contribution in [0.15, 0.2) is 6.20 Å². The van der Waals surface area contributed by atoms with Gasteiger partial charge in [0, 0.05) is 30.9 Å². The number of carbonyl (C=O) groups is 1. The first-order valence-electron chi connectivity index (χ1n) is 10.9. The second-order valence-electron chi connectivity index (χ2n) is 9.34. The zero-order valence-electron chi connectivity index (χ0n) is 17.5. The smallest absolute Gasteiger partial charge is 0.239 e. The molecule has 4 atom stereocenters. The highest BCUT2D eigenvalue weighted by molar-refractivity contribution is 7.88. The molecule has 11 heteroatoms. The van der Waals surface area contributed by atoms with Gasteiger partial charge in [-0.25, -0.2) is 17.8 Å². The molecule has 1 aromatic rings. The van der Waals surface area contributed by atoms with Gasteiger partial charge in [-0.1, -0.05) is 0 Å². The molecular formula is C20H28FN5O4S. The molecule has 1 aromatic heterocycles. The Bertz CT molecular complexity index is 1000. The predicted molar refractivity (Wildman–Crippen MR) is 112 cm³/mol. The number of aliphatic hydroxyl groups excluding tert-OH is 1. The van der Waals surface area contributed by atoms with Crippen LogP contribution in [0.1, 0.15) is 50.5 Å². The Labute approximate surface area is 181 Å². The van der Waals surface area contributed by atoms with Crippen molar-refractivity contribution in [3.63, 3.8) is 0 Å². The number of aromatic nitrogens is 2. The molecule has 2 N–H and O–H groups in total. The standard InChI is InChI=1S/C20H28FN5O4S/c1-31(29,30)25-8-5-16(15(21)11-25)23-19-22-10-14-17(24-19)26(18(28)20(14)6-7-20)12-3-2-4-13(27)9-12/h10,12-13,15-16,27H,2-9,11H2,1H3,(H,22,23,24)/t12-,13-,15-,16+/m1/s1. The van der Waals surface area contributed by atoms with Crippen LogP contribution in [-0.4, -0.2) is 77.4 Å². The summed E-state index contributed by atoms with van der Waals surface area (Å²) in [5, 5.41) is 13.1. The van der Waals surface area contributed by atoms with Gasteiger partial charge >= 0.3 is 0 Å². The van der Waals surface area contributed by atoms with Crippen LogP contribution in [-0.2, 0) is 20.2 Å².